The van der Waals surface area contributed by atoms with E-state index in [2.05, 4.69) is 15.0 Å². The van der Waals surface area contributed by atoms with E-state index in [-0.39, 0.29) is 12.1 Å². The second kappa shape index (κ2) is 15.5. The summed E-state index contributed by atoms with van der Waals surface area (Å²) < 4.78 is 15.5. The van der Waals surface area contributed by atoms with Crippen molar-refractivity contribution < 1.29 is 38.9 Å². The third-order valence-corrected chi connectivity index (χ3v) is 7.54. The van der Waals surface area contributed by atoms with Gasteiger partial charge in [0.25, 0.3) is 5.69 Å². The first-order valence-corrected chi connectivity index (χ1v) is 14.5. The fourth-order valence-electron chi connectivity index (χ4n) is 5.15. The van der Waals surface area contributed by atoms with Gasteiger partial charge in [-0.2, -0.15) is 0 Å². The number of hydrogen-bond donors (Lipinski definition) is 7. The van der Waals surface area contributed by atoms with E-state index in [0.717, 1.165) is 33.5 Å². The van der Waals surface area contributed by atoms with Crippen LogP contribution in [0.2, 0.25) is 0 Å². The van der Waals surface area contributed by atoms with E-state index < -0.39 is 28.9 Å². The van der Waals surface area contributed by atoms with Gasteiger partial charge in [-0.3, -0.25) is 19.7 Å². The maximum Gasteiger partial charge on any atom is 0.320 e. The molecule has 3 aromatic heterocycles. The van der Waals surface area contributed by atoms with Crippen LogP contribution in [0.3, 0.4) is 0 Å². The van der Waals surface area contributed by atoms with Gasteiger partial charge in [0.1, 0.15) is 29.3 Å². The zero-order chi connectivity index (χ0) is 35.0. The van der Waals surface area contributed by atoms with Gasteiger partial charge in [-0.1, -0.05) is 24.3 Å². The van der Waals surface area contributed by atoms with Crippen molar-refractivity contribution in [1.82, 2.24) is 15.0 Å². The largest absolute Gasteiger partial charge is 0.495 e. The number of methoxy groups -OCH3 is 3. The van der Waals surface area contributed by atoms with Gasteiger partial charge in [-0.05, 0) is 35.4 Å². The Labute approximate surface area is 273 Å². The molecule has 15 heteroatoms. The van der Waals surface area contributed by atoms with Crippen molar-refractivity contribution in [3.8, 4) is 17.2 Å². The monoisotopic (exact) mass is 660 g/mol. The van der Waals surface area contributed by atoms with Crippen LogP contribution >= 0.6 is 0 Å². The number of carbonyl (C=O) groups is 2. The summed E-state index contributed by atoms with van der Waals surface area (Å²) in [6.07, 6.45) is 5.48. The SMILES string of the molecule is COc1ccc([N+](=O)[O-])c2c(C[C@H](N)C(=O)O)c[nH]c12.COc1cccc2c(C[C@H](N)C(=O)O)c[nH]c12.COc1cccc2cc[nH]c12. The predicted molar refractivity (Wildman–Crippen MR) is 180 cm³/mol. The number of benzene rings is 3. The van der Waals surface area contributed by atoms with Crippen LogP contribution in [0.4, 0.5) is 5.69 Å². The third-order valence-electron chi connectivity index (χ3n) is 7.54. The molecule has 0 saturated heterocycles. The molecule has 9 N–H and O–H groups in total. The minimum Gasteiger partial charge on any atom is -0.495 e. The lowest BCUT2D eigenvalue weighted by Crippen LogP contribution is -2.32. The number of hydrogen-bond acceptors (Lipinski definition) is 9. The summed E-state index contributed by atoms with van der Waals surface area (Å²) >= 11 is 0. The number of nitrogens with two attached hydrogens (primary N) is 2. The molecule has 6 aromatic rings. The predicted octanol–water partition coefficient (Wildman–Crippen LogP) is 4.35. The Morgan fingerprint density at radius 2 is 1.29 bits per heavy atom. The lowest BCUT2D eigenvalue weighted by atomic mass is 10.0. The fourth-order valence-corrected chi connectivity index (χ4v) is 5.15. The Balaban J connectivity index is 0.000000169. The Hall–Kier alpha value is -6.06. The van der Waals surface area contributed by atoms with Crippen molar-refractivity contribution >= 4 is 50.3 Å². The summed E-state index contributed by atoms with van der Waals surface area (Å²) in [6.45, 7) is 0. The van der Waals surface area contributed by atoms with Crippen LogP contribution in [0.1, 0.15) is 11.1 Å². The average Bonchev–Trinajstić information content (AvgIpc) is 3.84. The molecule has 6 rings (SSSR count). The molecule has 3 heterocycles. The molecular weight excluding hydrogens is 624 g/mol. The molecule has 0 radical (unpaired) electrons. The Kier molecular flexibility index (Phi) is 11.2. The summed E-state index contributed by atoms with van der Waals surface area (Å²) in [6, 6.07) is 14.4. The fraction of sp³-hybridized carbons (Fsp3) is 0.212. The zero-order valence-corrected chi connectivity index (χ0v) is 26.4. The smallest absolute Gasteiger partial charge is 0.320 e. The molecule has 0 fully saturated rings. The molecular formula is C33H36N6O9. The second-order valence-corrected chi connectivity index (χ2v) is 10.5. The van der Waals surface area contributed by atoms with Crippen LogP contribution in [-0.4, -0.2) is 75.4 Å². The highest BCUT2D eigenvalue weighted by Gasteiger charge is 2.23. The summed E-state index contributed by atoms with van der Waals surface area (Å²) in [7, 11) is 4.72. The lowest BCUT2D eigenvalue weighted by Gasteiger charge is -2.06. The molecule has 48 heavy (non-hydrogen) atoms. The number of rotatable bonds is 10. The molecule has 0 spiro atoms. The number of aromatic amines is 3. The minimum atomic E-state index is -1.16. The topological polar surface area (TPSA) is 245 Å². The summed E-state index contributed by atoms with van der Waals surface area (Å²) in [5, 5.41) is 31.2. The molecule has 0 aliphatic rings. The molecule has 0 unspecified atom stereocenters. The highest BCUT2D eigenvalue weighted by Crippen LogP contribution is 2.35. The maximum absolute atomic E-state index is 11.1. The van der Waals surface area contributed by atoms with Crippen molar-refractivity contribution in [2.75, 3.05) is 21.3 Å². The minimum absolute atomic E-state index is 0.0106. The maximum atomic E-state index is 11.1. The van der Waals surface area contributed by atoms with Crippen molar-refractivity contribution in [2.24, 2.45) is 11.5 Å². The number of carboxylic acid groups (broad SMARTS) is 2. The van der Waals surface area contributed by atoms with Gasteiger partial charge < -0.3 is 50.8 Å². The number of aliphatic carboxylic acids is 2. The van der Waals surface area contributed by atoms with E-state index in [0.29, 0.717) is 28.6 Å². The van der Waals surface area contributed by atoms with Crippen LogP contribution < -0.4 is 25.7 Å². The first kappa shape index (κ1) is 34.8. The van der Waals surface area contributed by atoms with Crippen LogP contribution in [0, 0.1) is 10.1 Å². The number of nitrogens with one attached hydrogen (secondary N) is 3. The van der Waals surface area contributed by atoms with Crippen molar-refractivity contribution in [3.63, 3.8) is 0 Å². The quantitative estimate of drug-likeness (QED) is 0.0804. The average molecular weight is 661 g/mol. The first-order valence-electron chi connectivity index (χ1n) is 14.5. The lowest BCUT2D eigenvalue weighted by molar-refractivity contribution is -0.383. The van der Waals surface area contributed by atoms with Crippen molar-refractivity contribution in [1.29, 1.82) is 0 Å². The van der Waals surface area contributed by atoms with E-state index >= 15 is 0 Å². The molecule has 0 aliphatic carbocycles. The number of aromatic nitrogens is 3. The van der Waals surface area contributed by atoms with E-state index in [1.165, 1.54) is 30.8 Å². The van der Waals surface area contributed by atoms with Gasteiger partial charge >= 0.3 is 11.9 Å². The van der Waals surface area contributed by atoms with Crippen LogP contribution in [-0.2, 0) is 22.4 Å². The van der Waals surface area contributed by atoms with Crippen LogP contribution in [0.5, 0.6) is 17.2 Å². The Bertz CT molecular complexity index is 2050. The summed E-state index contributed by atoms with van der Waals surface area (Å²) in [5.41, 5.74) is 14.6. The van der Waals surface area contributed by atoms with E-state index in [1.807, 2.05) is 48.7 Å². The summed E-state index contributed by atoms with van der Waals surface area (Å²) in [4.78, 5) is 41.2. The van der Waals surface area contributed by atoms with E-state index in [9.17, 15) is 19.7 Å². The Morgan fingerprint density at radius 1 is 0.750 bits per heavy atom. The van der Waals surface area contributed by atoms with Gasteiger partial charge in [0.15, 0.2) is 0 Å². The van der Waals surface area contributed by atoms with Crippen LogP contribution in [0.15, 0.2) is 73.2 Å². The molecule has 0 saturated carbocycles. The molecule has 0 amide bonds. The zero-order valence-electron chi connectivity index (χ0n) is 26.4. The molecule has 0 aliphatic heterocycles. The molecule has 2 atom stereocenters. The van der Waals surface area contributed by atoms with Gasteiger partial charge in [-0.15, -0.1) is 0 Å². The van der Waals surface area contributed by atoms with E-state index in [1.54, 1.807) is 20.4 Å². The highest BCUT2D eigenvalue weighted by atomic mass is 16.6. The Morgan fingerprint density at radius 3 is 1.90 bits per heavy atom. The van der Waals surface area contributed by atoms with Crippen LogP contribution in [0.25, 0.3) is 32.7 Å². The highest BCUT2D eigenvalue weighted by molar-refractivity contribution is 5.96. The molecule has 15 nitrogen and oxygen atoms in total. The number of non-ortho nitro benzene ring substituents is 1. The standard InChI is InChI=1S/C12H13N3O5.C12H14N2O3.C9H9NO/c1-20-9-3-2-8(15(18)19)10-6(5-14-11(9)10)4-7(13)12(16)17;1-17-10-4-2-3-8-7(6-14-11(8)10)5-9(13)12(15)16;1-11-8-4-2-3-7-5-6-10-9(7)8/h2-3,5,7,14H,4,13H2,1H3,(H,16,17);2-4,6,9,14H,5,13H2,1H3,(H,15,16);2-6,10H,1H3/t7-;9-;/m00./s1. The normalized spacial score (nSPS) is 11.9. The second-order valence-electron chi connectivity index (χ2n) is 10.5. The number of nitrogens with zero attached hydrogens (tertiary/aromatic N) is 1. The number of ether oxygens (including phenoxy) is 3. The number of nitro benzene ring substituents is 1. The molecule has 3 aromatic carbocycles. The van der Waals surface area contributed by atoms with Crippen molar-refractivity contribution in [3.05, 3.63) is 94.4 Å². The first-order chi connectivity index (χ1) is 23.0. The van der Waals surface area contributed by atoms with Gasteiger partial charge in [0.05, 0.1) is 48.2 Å². The van der Waals surface area contributed by atoms with Gasteiger partial charge in [0, 0.05) is 48.3 Å². The van der Waals surface area contributed by atoms with Gasteiger partial charge in [0.2, 0.25) is 0 Å². The molecule has 252 valence electrons. The van der Waals surface area contributed by atoms with Crippen molar-refractivity contribution in [2.45, 2.75) is 24.9 Å². The van der Waals surface area contributed by atoms with E-state index in [4.69, 9.17) is 35.9 Å². The third kappa shape index (κ3) is 7.66. The number of nitro groups is 1. The number of fused-ring (bicyclic) bond motifs is 3. The van der Waals surface area contributed by atoms with Gasteiger partial charge in [-0.25, -0.2) is 0 Å². The molecule has 0 bridgehead atoms. The summed E-state index contributed by atoms with van der Waals surface area (Å²) in [5.74, 6) is -0.0851. The number of para-hydroxylation sites is 2. The number of H-pyrrole nitrogens is 3. The number of carboxylic acids is 2.